The lowest BCUT2D eigenvalue weighted by atomic mass is 9.96. The molecule has 0 spiro atoms. The molecule has 2 fully saturated rings. The highest BCUT2D eigenvalue weighted by molar-refractivity contribution is 5.82. The summed E-state index contributed by atoms with van der Waals surface area (Å²) in [6.45, 7) is 4.07. The number of hydrogen-bond donors (Lipinski definition) is 1. The summed E-state index contributed by atoms with van der Waals surface area (Å²) in [5.41, 5.74) is 5.35. The number of rotatable bonds is 4. The van der Waals surface area contributed by atoms with Gasteiger partial charge in [0.2, 0.25) is 17.9 Å². The zero-order valence-electron chi connectivity index (χ0n) is 17.0. The lowest BCUT2D eigenvalue weighted by molar-refractivity contribution is -0.143. The maximum Gasteiger partial charge on any atom is 0.267 e. The van der Waals surface area contributed by atoms with E-state index in [0.717, 1.165) is 0 Å². The van der Waals surface area contributed by atoms with E-state index in [0.29, 0.717) is 70.2 Å². The first-order valence-corrected chi connectivity index (χ1v) is 10.5. The molecule has 9 heteroatoms. The number of carbonyl (C=O) groups excluding carboxylic acids is 3. The van der Waals surface area contributed by atoms with Gasteiger partial charge in [0.05, 0.1) is 6.54 Å². The fourth-order valence-corrected chi connectivity index (χ4v) is 4.18. The standard InChI is InChI=1S/C21H28N4O5/c22-20(27)15-5-7-24(8-6-15)19(26)13-23-9-11-25(12-10-23)21(28)18-14-29-16-3-1-2-4-17(16)30-18/h1-4,15,18H,5-14H2,(H2,22,27)/t18-/m1/s1. The number of fused-ring (bicyclic) bond motifs is 1. The Balaban J connectivity index is 1.22. The number of amides is 3. The molecular formula is C21H28N4O5. The third-order valence-corrected chi connectivity index (χ3v) is 6.08. The molecule has 4 rings (SSSR count). The van der Waals surface area contributed by atoms with Crippen LogP contribution in [0, 0.1) is 5.92 Å². The molecule has 3 aliphatic heterocycles. The molecule has 30 heavy (non-hydrogen) atoms. The van der Waals surface area contributed by atoms with Crippen LogP contribution in [0.2, 0.25) is 0 Å². The molecule has 0 bridgehead atoms. The van der Waals surface area contributed by atoms with Crippen molar-refractivity contribution in [3.63, 3.8) is 0 Å². The van der Waals surface area contributed by atoms with Crippen molar-refractivity contribution >= 4 is 17.7 Å². The number of ether oxygens (including phenoxy) is 2. The molecule has 0 saturated carbocycles. The van der Waals surface area contributed by atoms with Crippen molar-refractivity contribution in [2.24, 2.45) is 11.7 Å². The van der Waals surface area contributed by atoms with Crippen molar-refractivity contribution in [3.8, 4) is 11.5 Å². The molecule has 0 unspecified atom stereocenters. The Morgan fingerprint density at radius 1 is 0.933 bits per heavy atom. The Bertz CT molecular complexity index is 800. The molecule has 3 amide bonds. The fraction of sp³-hybridized carbons (Fsp3) is 0.571. The van der Waals surface area contributed by atoms with Gasteiger partial charge in [-0.25, -0.2) is 0 Å². The SMILES string of the molecule is NC(=O)C1CCN(C(=O)CN2CCN(C(=O)[C@H]3COc4ccccc4O3)CC2)CC1. The van der Waals surface area contributed by atoms with Gasteiger partial charge in [-0.1, -0.05) is 12.1 Å². The van der Waals surface area contributed by atoms with Gasteiger partial charge in [-0.2, -0.15) is 0 Å². The molecule has 0 aromatic heterocycles. The Morgan fingerprint density at radius 3 is 2.27 bits per heavy atom. The zero-order chi connectivity index (χ0) is 21.1. The van der Waals surface area contributed by atoms with Crippen LogP contribution in [-0.2, 0) is 14.4 Å². The van der Waals surface area contributed by atoms with Crippen LogP contribution in [0.4, 0.5) is 0 Å². The highest BCUT2D eigenvalue weighted by atomic mass is 16.6. The molecule has 2 N–H and O–H groups in total. The second kappa shape index (κ2) is 8.91. The first-order chi connectivity index (χ1) is 14.5. The van der Waals surface area contributed by atoms with E-state index in [4.69, 9.17) is 15.2 Å². The maximum absolute atomic E-state index is 12.8. The Morgan fingerprint density at radius 2 is 1.60 bits per heavy atom. The van der Waals surface area contributed by atoms with Gasteiger partial charge in [-0.15, -0.1) is 0 Å². The van der Waals surface area contributed by atoms with Crippen molar-refractivity contribution in [3.05, 3.63) is 24.3 Å². The van der Waals surface area contributed by atoms with Crippen molar-refractivity contribution in [1.82, 2.24) is 14.7 Å². The maximum atomic E-state index is 12.8. The molecule has 162 valence electrons. The van der Waals surface area contributed by atoms with Crippen molar-refractivity contribution in [2.45, 2.75) is 18.9 Å². The molecule has 0 aliphatic carbocycles. The molecule has 1 aromatic rings. The summed E-state index contributed by atoms with van der Waals surface area (Å²) in [5.74, 6) is 0.832. The predicted molar refractivity (Wildman–Crippen MR) is 108 cm³/mol. The average Bonchev–Trinajstić information content (AvgIpc) is 2.79. The number of primary amides is 1. The lowest BCUT2D eigenvalue weighted by Gasteiger charge is -2.38. The van der Waals surface area contributed by atoms with Gasteiger partial charge < -0.3 is 25.0 Å². The fourth-order valence-electron chi connectivity index (χ4n) is 4.18. The van der Waals surface area contributed by atoms with Crippen molar-refractivity contribution in [1.29, 1.82) is 0 Å². The summed E-state index contributed by atoms with van der Waals surface area (Å²) < 4.78 is 11.5. The average molecular weight is 416 g/mol. The molecule has 2 saturated heterocycles. The number of piperidine rings is 1. The zero-order valence-corrected chi connectivity index (χ0v) is 17.0. The van der Waals surface area contributed by atoms with E-state index in [2.05, 4.69) is 4.90 Å². The molecule has 3 heterocycles. The van der Waals surface area contributed by atoms with E-state index in [1.165, 1.54) is 0 Å². The van der Waals surface area contributed by atoms with Crippen LogP contribution in [0.1, 0.15) is 12.8 Å². The van der Waals surface area contributed by atoms with Gasteiger partial charge in [0.15, 0.2) is 11.5 Å². The monoisotopic (exact) mass is 416 g/mol. The normalized spacial score (nSPS) is 22.6. The van der Waals surface area contributed by atoms with E-state index in [1.54, 1.807) is 11.0 Å². The second-order valence-corrected chi connectivity index (χ2v) is 8.02. The summed E-state index contributed by atoms with van der Waals surface area (Å²) in [6.07, 6.45) is 0.630. The highest BCUT2D eigenvalue weighted by Gasteiger charge is 2.33. The predicted octanol–water partition coefficient (Wildman–Crippen LogP) is -0.305. The third kappa shape index (κ3) is 4.51. The molecular weight excluding hydrogens is 388 g/mol. The number of carbonyl (C=O) groups is 3. The molecule has 0 radical (unpaired) electrons. The van der Waals surface area contributed by atoms with Crippen LogP contribution in [-0.4, -0.2) is 90.9 Å². The minimum absolute atomic E-state index is 0.0679. The van der Waals surface area contributed by atoms with Crippen LogP contribution in [0.25, 0.3) is 0 Å². The number of nitrogens with zero attached hydrogens (tertiary/aromatic N) is 3. The number of benzene rings is 1. The minimum Gasteiger partial charge on any atom is -0.485 e. The van der Waals surface area contributed by atoms with E-state index in [9.17, 15) is 14.4 Å². The first kappa shape index (κ1) is 20.5. The smallest absolute Gasteiger partial charge is 0.267 e. The summed E-state index contributed by atoms with van der Waals surface area (Å²) >= 11 is 0. The van der Waals surface area contributed by atoms with Crippen molar-refractivity contribution < 1.29 is 23.9 Å². The number of likely N-dealkylation sites (tertiary alicyclic amines) is 1. The largest absolute Gasteiger partial charge is 0.485 e. The van der Waals surface area contributed by atoms with Crippen LogP contribution in [0.15, 0.2) is 24.3 Å². The topological polar surface area (TPSA) is 105 Å². The molecule has 3 aliphatic rings. The van der Waals surface area contributed by atoms with Crippen molar-refractivity contribution in [2.75, 3.05) is 52.4 Å². The van der Waals surface area contributed by atoms with Gasteiger partial charge in [-0.3, -0.25) is 19.3 Å². The van der Waals surface area contributed by atoms with E-state index < -0.39 is 6.10 Å². The second-order valence-electron chi connectivity index (χ2n) is 8.02. The van der Waals surface area contributed by atoms with E-state index in [1.807, 2.05) is 23.1 Å². The van der Waals surface area contributed by atoms with Gasteiger partial charge in [0, 0.05) is 45.2 Å². The number of piperazine rings is 1. The lowest BCUT2D eigenvalue weighted by Crippen LogP contribution is -2.55. The number of hydrogen-bond acceptors (Lipinski definition) is 6. The van der Waals surface area contributed by atoms with E-state index >= 15 is 0 Å². The van der Waals surface area contributed by atoms with Gasteiger partial charge in [0.1, 0.15) is 6.61 Å². The Hall–Kier alpha value is -2.81. The van der Waals surface area contributed by atoms with Crippen LogP contribution in [0.3, 0.4) is 0 Å². The number of nitrogens with two attached hydrogens (primary N) is 1. The van der Waals surface area contributed by atoms with Gasteiger partial charge >= 0.3 is 0 Å². The Kier molecular flexibility index (Phi) is 6.08. The number of para-hydroxylation sites is 2. The van der Waals surface area contributed by atoms with E-state index in [-0.39, 0.29) is 30.2 Å². The molecule has 1 aromatic carbocycles. The van der Waals surface area contributed by atoms with Crippen LogP contribution in [0.5, 0.6) is 11.5 Å². The Labute approximate surface area is 175 Å². The molecule has 9 nitrogen and oxygen atoms in total. The highest BCUT2D eigenvalue weighted by Crippen LogP contribution is 2.31. The summed E-state index contributed by atoms with van der Waals surface area (Å²) in [5, 5.41) is 0. The first-order valence-electron chi connectivity index (χ1n) is 10.5. The quantitative estimate of drug-likeness (QED) is 0.722. The minimum atomic E-state index is -0.639. The van der Waals surface area contributed by atoms with Crippen LogP contribution >= 0.6 is 0 Å². The third-order valence-electron chi connectivity index (χ3n) is 6.08. The molecule has 1 atom stereocenters. The summed E-state index contributed by atoms with van der Waals surface area (Å²) in [7, 11) is 0. The van der Waals surface area contributed by atoms with Gasteiger partial charge in [0.25, 0.3) is 5.91 Å². The van der Waals surface area contributed by atoms with Crippen LogP contribution < -0.4 is 15.2 Å². The summed E-state index contributed by atoms with van der Waals surface area (Å²) in [4.78, 5) is 42.3. The summed E-state index contributed by atoms with van der Waals surface area (Å²) in [6, 6.07) is 7.33. The van der Waals surface area contributed by atoms with Gasteiger partial charge in [-0.05, 0) is 25.0 Å².